The molecule has 0 heterocycles. The molecule has 4 rings (SSSR count). The molecule has 0 aromatic rings. The fourth-order valence-electron chi connectivity index (χ4n) is 8.58. The van der Waals surface area contributed by atoms with Crippen molar-refractivity contribution in [2.45, 2.75) is 84.0 Å². The van der Waals surface area contributed by atoms with Crippen molar-refractivity contribution in [3.63, 3.8) is 0 Å². The molecule has 4 aliphatic carbocycles. The first-order valence-electron chi connectivity index (χ1n) is 11.3. The Balaban J connectivity index is 1.71. The van der Waals surface area contributed by atoms with Crippen LogP contribution in [0.25, 0.3) is 0 Å². The topological polar surface area (TPSA) is 69.9 Å². The second kappa shape index (κ2) is 6.97. The summed E-state index contributed by atoms with van der Waals surface area (Å²) in [6.07, 6.45) is 6.70. The van der Waals surface area contributed by atoms with E-state index in [1.165, 1.54) is 0 Å². The molecule has 4 heteroatoms. The van der Waals surface area contributed by atoms with Gasteiger partial charge in [-0.25, -0.2) is 0 Å². The van der Waals surface area contributed by atoms with Gasteiger partial charge in [-0.1, -0.05) is 20.8 Å². The molecule has 156 valence electrons. The predicted octanol–water partition coefficient (Wildman–Crippen LogP) is 3.23. The van der Waals surface area contributed by atoms with Gasteiger partial charge >= 0.3 is 0 Å². The van der Waals surface area contributed by atoms with E-state index >= 15 is 0 Å². The van der Waals surface area contributed by atoms with Gasteiger partial charge in [-0.15, -0.1) is 0 Å². The molecular formula is C23H40O4. The average Bonchev–Trinajstić information content (AvgIpc) is 2.99. The molecule has 4 nitrogen and oxygen atoms in total. The lowest BCUT2D eigenvalue weighted by Crippen LogP contribution is -2.62. The zero-order valence-electron chi connectivity index (χ0n) is 17.6. The van der Waals surface area contributed by atoms with Gasteiger partial charge in [0, 0.05) is 19.1 Å². The third-order valence-corrected chi connectivity index (χ3v) is 10.1. The van der Waals surface area contributed by atoms with Crippen LogP contribution in [-0.4, -0.2) is 47.3 Å². The molecule has 0 aromatic carbocycles. The summed E-state index contributed by atoms with van der Waals surface area (Å²) in [7, 11) is 1.86. The highest BCUT2D eigenvalue weighted by Crippen LogP contribution is 2.68. The number of rotatable bonds is 3. The van der Waals surface area contributed by atoms with E-state index in [-0.39, 0.29) is 41.7 Å². The van der Waals surface area contributed by atoms with Gasteiger partial charge in [0.25, 0.3) is 0 Å². The van der Waals surface area contributed by atoms with Gasteiger partial charge in [0.05, 0.1) is 18.3 Å². The van der Waals surface area contributed by atoms with E-state index in [2.05, 4.69) is 20.8 Å². The van der Waals surface area contributed by atoms with Crippen LogP contribution in [-0.2, 0) is 4.74 Å². The molecule has 11 unspecified atom stereocenters. The van der Waals surface area contributed by atoms with E-state index in [1.54, 1.807) is 0 Å². The average molecular weight is 381 g/mol. The summed E-state index contributed by atoms with van der Waals surface area (Å²) in [5, 5.41) is 31.4. The molecule has 0 spiro atoms. The summed E-state index contributed by atoms with van der Waals surface area (Å²) in [6, 6.07) is 0. The minimum atomic E-state index is -0.260. The molecule has 4 fully saturated rings. The third kappa shape index (κ3) is 2.77. The van der Waals surface area contributed by atoms with Crippen LogP contribution in [0.5, 0.6) is 0 Å². The zero-order chi connectivity index (χ0) is 19.6. The standard InChI is InChI=1S/C23H40O4/c1-13(12-24)16-5-6-17-21-18(11-20(27-4)23(16,17)3)22(2)8-7-15(25)9-14(22)10-19(21)26/h13-21,24-26H,5-12H2,1-4H3. The van der Waals surface area contributed by atoms with E-state index in [4.69, 9.17) is 4.74 Å². The predicted molar refractivity (Wildman–Crippen MR) is 105 cm³/mol. The van der Waals surface area contributed by atoms with Crippen molar-refractivity contribution >= 4 is 0 Å². The normalized spacial score (nSPS) is 56.1. The lowest BCUT2D eigenvalue weighted by Gasteiger charge is -2.64. The summed E-state index contributed by atoms with van der Waals surface area (Å²) in [5.74, 6) is 2.46. The molecule has 3 N–H and O–H groups in total. The van der Waals surface area contributed by atoms with Crippen LogP contribution in [0.4, 0.5) is 0 Å². The molecule has 11 atom stereocenters. The molecule has 0 amide bonds. The van der Waals surface area contributed by atoms with Crippen LogP contribution in [0.3, 0.4) is 0 Å². The molecule has 0 aromatic heterocycles. The molecular weight excluding hydrogens is 340 g/mol. The van der Waals surface area contributed by atoms with Crippen molar-refractivity contribution in [2.24, 2.45) is 46.3 Å². The maximum atomic E-state index is 11.3. The summed E-state index contributed by atoms with van der Waals surface area (Å²) < 4.78 is 6.15. The molecule has 4 saturated carbocycles. The Labute approximate surface area is 164 Å². The Bertz CT molecular complexity index is 552. The number of fused-ring (bicyclic) bond motifs is 5. The molecule has 27 heavy (non-hydrogen) atoms. The number of methoxy groups -OCH3 is 1. The Morgan fingerprint density at radius 2 is 1.78 bits per heavy atom. The molecule has 0 bridgehead atoms. The largest absolute Gasteiger partial charge is 0.396 e. The van der Waals surface area contributed by atoms with Crippen molar-refractivity contribution in [3.05, 3.63) is 0 Å². The van der Waals surface area contributed by atoms with Gasteiger partial charge in [0.15, 0.2) is 0 Å². The summed E-state index contributed by atoms with van der Waals surface area (Å²) in [6.45, 7) is 7.23. The summed E-state index contributed by atoms with van der Waals surface area (Å²) in [5.41, 5.74) is 0.248. The Hall–Kier alpha value is -0.160. The van der Waals surface area contributed by atoms with Gasteiger partial charge in [-0.3, -0.25) is 0 Å². The van der Waals surface area contributed by atoms with Crippen molar-refractivity contribution in [1.82, 2.24) is 0 Å². The maximum Gasteiger partial charge on any atom is 0.0633 e. The Morgan fingerprint density at radius 1 is 1.04 bits per heavy atom. The highest BCUT2D eigenvalue weighted by atomic mass is 16.5. The number of hydrogen-bond acceptors (Lipinski definition) is 4. The number of aliphatic hydroxyl groups excluding tert-OH is 3. The minimum absolute atomic E-state index is 0.0381. The van der Waals surface area contributed by atoms with Crippen molar-refractivity contribution in [1.29, 1.82) is 0 Å². The maximum absolute atomic E-state index is 11.3. The van der Waals surface area contributed by atoms with Crippen molar-refractivity contribution in [3.8, 4) is 0 Å². The molecule has 0 saturated heterocycles. The monoisotopic (exact) mass is 380 g/mol. The lowest BCUT2D eigenvalue weighted by atomic mass is 9.43. The Kier molecular flexibility index (Phi) is 5.19. The zero-order valence-corrected chi connectivity index (χ0v) is 17.6. The lowest BCUT2D eigenvalue weighted by molar-refractivity contribution is -0.213. The van der Waals surface area contributed by atoms with Crippen LogP contribution in [0, 0.1) is 46.3 Å². The van der Waals surface area contributed by atoms with Crippen LogP contribution < -0.4 is 0 Å². The minimum Gasteiger partial charge on any atom is -0.396 e. The van der Waals surface area contributed by atoms with Gasteiger partial charge in [0.1, 0.15) is 0 Å². The van der Waals surface area contributed by atoms with E-state index in [0.717, 1.165) is 44.9 Å². The Morgan fingerprint density at radius 3 is 2.44 bits per heavy atom. The van der Waals surface area contributed by atoms with Crippen LogP contribution in [0.1, 0.15) is 65.7 Å². The molecule has 4 aliphatic rings. The number of hydrogen-bond donors (Lipinski definition) is 3. The summed E-state index contributed by atoms with van der Waals surface area (Å²) in [4.78, 5) is 0. The second-order valence-corrected chi connectivity index (χ2v) is 10.9. The number of aliphatic hydroxyl groups is 3. The quantitative estimate of drug-likeness (QED) is 0.703. The van der Waals surface area contributed by atoms with Gasteiger partial charge in [-0.2, -0.15) is 0 Å². The first kappa shape index (κ1) is 20.1. The van der Waals surface area contributed by atoms with E-state index in [1.807, 2.05) is 7.11 Å². The third-order valence-electron chi connectivity index (χ3n) is 10.1. The van der Waals surface area contributed by atoms with Crippen molar-refractivity contribution in [2.75, 3.05) is 13.7 Å². The highest BCUT2D eigenvalue weighted by molar-refractivity contribution is 5.14. The first-order valence-corrected chi connectivity index (χ1v) is 11.3. The summed E-state index contributed by atoms with van der Waals surface area (Å²) >= 11 is 0. The van der Waals surface area contributed by atoms with Gasteiger partial charge in [0.2, 0.25) is 0 Å². The second-order valence-electron chi connectivity index (χ2n) is 10.9. The van der Waals surface area contributed by atoms with Crippen LogP contribution in [0.2, 0.25) is 0 Å². The van der Waals surface area contributed by atoms with Gasteiger partial charge in [-0.05, 0) is 85.9 Å². The van der Waals surface area contributed by atoms with Gasteiger partial charge < -0.3 is 20.1 Å². The van der Waals surface area contributed by atoms with Crippen LogP contribution in [0.15, 0.2) is 0 Å². The fraction of sp³-hybridized carbons (Fsp3) is 1.00. The van der Waals surface area contributed by atoms with E-state index in [9.17, 15) is 15.3 Å². The van der Waals surface area contributed by atoms with E-state index in [0.29, 0.717) is 29.6 Å². The van der Waals surface area contributed by atoms with Crippen molar-refractivity contribution < 1.29 is 20.1 Å². The van der Waals surface area contributed by atoms with E-state index < -0.39 is 0 Å². The van der Waals surface area contributed by atoms with Crippen LogP contribution >= 0.6 is 0 Å². The molecule has 0 aliphatic heterocycles. The molecule has 0 radical (unpaired) electrons. The smallest absolute Gasteiger partial charge is 0.0633 e. The fourth-order valence-corrected chi connectivity index (χ4v) is 8.58. The number of ether oxygens (including phenoxy) is 1. The highest BCUT2D eigenvalue weighted by Gasteiger charge is 2.66. The SMILES string of the molecule is COC1CC2C(C(O)CC3CC(O)CCC32C)C2CCC(C(C)CO)C12C. The first-order chi connectivity index (χ1) is 12.8.